The topological polar surface area (TPSA) is 108 Å². The van der Waals surface area contributed by atoms with Crippen molar-refractivity contribution in [3.8, 4) is 0 Å². The van der Waals surface area contributed by atoms with Gasteiger partial charge in [-0.3, -0.25) is 9.59 Å². The zero-order valence-electron chi connectivity index (χ0n) is 12.7. The number of rotatable bonds is 3. The molecule has 2 amide bonds. The molecule has 0 saturated carbocycles. The maximum atomic E-state index is 12.8. The van der Waals surface area contributed by atoms with Crippen LogP contribution in [0.1, 0.15) is 24.8 Å². The summed E-state index contributed by atoms with van der Waals surface area (Å²) in [4.78, 5) is 26.7. The molecule has 3 aliphatic rings. The number of nitrogens with zero attached hydrogens (tertiary/aromatic N) is 1. The van der Waals surface area contributed by atoms with Crippen LogP contribution in [0, 0.1) is 0 Å². The summed E-state index contributed by atoms with van der Waals surface area (Å²) in [6.07, 6.45) is 0.798. The van der Waals surface area contributed by atoms with Crippen LogP contribution in [0.15, 0.2) is 24.3 Å². The first-order valence-electron chi connectivity index (χ1n) is 7.97. The average Bonchev–Trinajstić information content (AvgIpc) is 2.99. The molecule has 23 heavy (non-hydrogen) atoms. The Morgan fingerprint density at radius 1 is 1.30 bits per heavy atom. The lowest BCUT2D eigenvalue weighted by atomic mass is 9.91. The summed E-state index contributed by atoms with van der Waals surface area (Å²) in [5.74, 6) is -0.349. The van der Waals surface area contributed by atoms with E-state index in [1.807, 2.05) is 24.3 Å². The van der Waals surface area contributed by atoms with Crippen LogP contribution in [0.3, 0.4) is 0 Å². The second-order valence-corrected chi connectivity index (χ2v) is 6.47. The molecule has 0 spiro atoms. The third-order valence-electron chi connectivity index (χ3n) is 5.13. The van der Waals surface area contributed by atoms with E-state index in [0.717, 1.165) is 11.3 Å². The Morgan fingerprint density at radius 3 is 2.87 bits per heavy atom. The number of benzene rings is 1. The minimum absolute atomic E-state index is 0.149. The van der Waals surface area contributed by atoms with Crippen LogP contribution in [0.25, 0.3) is 0 Å². The fourth-order valence-corrected chi connectivity index (χ4v) is 4.02. The number of carbonyl (C=O) groups excluding carboxylic acids is 2. The summed E-state index contributed by atoms with van der Waals surface area (Å²) in [5, 5.41) is 17.1. The highest BCUT2D eigenvalue weighted by atomic mass is 16.3. The predicted molar refractivity (Wildman–Crippen MR) is 83.2 cm³/mol. The molecule has 7 heteroatoms. The number of aliphatic hydroxyl groups is 1. The number of piperazine rings is 1. The summed E-state index contributed by atoms with van der Waals surface area (Å²) >= 11 is 0. The van der Waals surface area contributed by atoms with Crippen LogP contribution in [0.2, 0.25) is 0 Å². The highest BCUT2D eigenvalue weighted by Crippen LogP contribution is 2.49. The summed E-state index contributed by atoms with van der Waals surface area (Å²) in [6.45, 7) is 0.472. The lowest BCUT2D eigenvalue weighted by molar-refractivity contribution is -0.149. The van der Waals surface area contributed by atoms with Crippen LogP contribution >= 0.6 is 0 Å². The van der Waals surface area contributed by atoms with Crippen LogP contribution in [0.4, 0.5) is 5.69 Å². The van der Waals surface area contributed by atoms with Crippen LogP contribution in [0.5, 0.6) is 0 Å². The maximum absolute atomic E-state index is 12.8. The lowest BCUT2D eigenvalue weighted by Crippen LogP contribution is -2.64. The maximum Gasteiger partial charge on any atom is 0.247 e. The van der Waals surface area contributed by atoms with Gasteiger partial charge in [-0.15, -0.1) is 0 Å². The smallest absolute Gasteiger partial charge is 0.247 e. The van der Waals surface area contributed by atoms with Crippen molar-refractivity contribution in [2.24, 2.45) is 5.73 Å². The van der Waals surface area contributed by atoms with E-state index in [-0.39, 0.29) is 18.2 Å². The van der Waals surface area contributed by atoms with E-state index in [1.165, 1.54) is 4.90 Å². The summed E-state index contributed by atoms with van der Waals surface area (Å²) in [5.41, 5.74) is 5.85. The molecular weight excluding hydrogens is 296 g/mol. The molecule has 1 aromatic rings. The van der Waals surface area contributed by atoms with Crippen molar-refractivity contribution in [2.75, 3.05) is 11.9 Å². The Kier molecular flexibility index (Phi) is 3.11. The normalized spacial score (nSPS) is 34.5. The number of nitrogens with one attached hydrogen (secondary N) is 2. The van der Waals surface area contributed by atoms with Crippen molar-refractivity contribution in [3.05, 3.63) is 29.8 Å². The molecule has 0 bridgehead atoms. The summed E-state index contributed by atoms with van der Waals surface area (Å²) in [7, 11) is 0. The molecule has 3 aliphatic heterocycles. The molecule has 2 fully saturated rings. The number of para-hydroxylation sites is 1. The number of hydrogen-bond acceptors (Lipinski definition) is 5. The lowest BCUT2D eigenvalue weighted by Gasteiger charge is -2.37. The summed E-state index contributed by atoms with van der Waals surface area (Å²) in [6, 6.07) is 6.26. The Morgan fingerprint density at radius 2 is 2.09 bits per heavy atom. The van der Waals surface area contributed by atoms with Crippen molar-refractivity contribution in [3.63, 3.8) is 0 Å². The van der Waals surface area contributed by atoms with E-state index in [2.05, 4.69) is 10.6 Å². The molecule has 0 aromatic heterocycles. The highest BCUT2D eigenvalue weighted by Gasteiger charge is 2.62. The Labute approximate surface area is 133 Å². The van der Waals surface area contributed by atoms with Gasteiger partial charge in [-0.05, 0) is 25.5 Å². The number of anilines is 1. The van der Waals surface area contributed by atoms with Crippen LogP contribution < -0.4 is 16.4 Å². The van der Waals surface area contributed by atoms with Gasteiger partial charge in [0.2, 0.25) is 11.8 Å². The van der Waals surface area contributed by atoms with Gasteiger partial charge in [0.05, 0.1) is 0 Å². The van der Waals surface area contributed by atoms with Crippen LogP contribution in [-0.4, -0.2) is 46.6 Å². The number of carbonyl (C=O) groups is 2. The zero-order valence-corrected chi connectivity index (χ0v) is 12.7. The van der Waals surface area contributed by atoms with Gasteiger partial charge in [-0.1, -0.05) is 18.2 Å². The molecule has 2 unspecified atom stereocenters. The minimum Gasteiger partial charge on any atom is -0.381 e. The van der Waals surface area contributed by atoms with Gasteiger partial charge >= 0.3 is 0 Å². The van der Waals surface area contributed by atoms with Gasteiger partial charge in [0.25, 0.3) is 0 Å². The molecule has 4 atom stereocenters. The fourth-order valence-electron chi connectivity index (χ4n) is 4.02. The van der Waals surface area contributed by atoms with Gasteiger partial charge in [-0.2, -0.15) is 0 Å². The second-order valence-electron chi connectivity index (χ2n) is 6.47. The third kappa shape index (κ3) is 1.90. The molecule has 1 aromatic carbocycles. The Hall–Kier alpha value is -2.12. The molecule has 122 valence electrons. The fraction of sp³-hybridized carbons (Fsp3) is 0.500. The van der Waals surface area contributed by atoms with Crippen molar-refractivity contribution < 1.29 is 14.7 Å². The van der Waals surface area contributed by atoms with Gasteiger partial charge in [-0.25, -0.2) is 0 Å². The molecule has 4 rings (SSSR count). The number of hydrogen-bond donors (Lipinski definition) is 4. The van der Waals surface area contributed by atoms with Crippen molar-refractivity contribution >= 4 is 17.5 Å². The summed E-state index contributed by atoms with van der Waals surface area (Å²) < 4.78 is 0. The SMILES string of the molecule is NCCC[C@@H]1NC(=O)[C@@H]2CC3(O)c4ccccc4NC3N2C1=O. The molecule has 5 N–H and O–H groups in total. The van der Waals surface area contributed by atoms with E-state index in [1.54, 1.807) is 0 Å². The van der Waals surface area contributed by atoms with Crippen molar-refractivity contribution in [1.82, 2.24) is 10.2 Å². The van der Waals surface area contributed by atoms with E-state index in [9.17, 15) is 14.7 Å². The predicted octanol–water partition coefficient (Wildman–Crippen LogP) is -0.536. The molecule has 7 nitrogen and oxygen atoms in total. The minimum atomic E-state index is -1.23. The van der Waals surface area contributed by atoms with E-state index < -0.39 is 23.9 Å². The quantitative estimate of drug-likeness (QED) is 0.599. The first-order chi connectivity index (χ1) is 11.1. The largest absolute Gasteiger partial charge is 0.381 e. The average molecular weight is 316 g/mol. The highest BCUT2D eigenvalue weighted by molar-refractivity contribution is 5.98. The zero-order chi connectivity index (χ0) is 16.2. The first-order valence-corrected chi connectivity index (χ1v) is 7.97. The van der Waals surface area contributed by atoms with Crippen molar-refractivity contribution in [1.29, 1.82) is 0 Å². The third-order valence-corrected chi connectivity index (χ3v) is 5.13. The van der Waals surface area contributed by atoms with Gasteiger partial charge in [0.1, 0.15) is 23.9 Å². The monoisotopic (exact) mass is 316 g/mol. The van der Waals surface area contributed by atoms with Gasteiger partial charge < -0.3 is 26.4 Å². The number of nitrogens with two attached hydrogens (primary N) is 1. The molecule has 0 radical (unpaired) electrons. The number of fused-ring (bicyclic) bond motifs is 5. The van der Waals surface area contributed by atoms with E-state index >= 15 is 0 Å². The van der Waals surface area contributed by atoms with E-state index in [4.69, 9.17) is 5.73 Å². The molecule has 0 aliphatic carbocycles. The van der Waals surface area contributed by atoms with Gasteiger partial charge in [0, 0.05) is 17.7 Å². The van der Waals surface area contributed by atoms with E-state index in [0.29, 0.717) is 19.4 Å². The van der Waals surface area contributed by atoms with Crippen molar-refractivity contribution in [2.45, 2.75) is 43.1 Å². The second kappa shape index (κ2) is 4.94. The standard InChI is InChI=1S/C16H20N4O3/c17-7-3-6-11-14(22)20-12(13(21)18-11)8-16(23)9-4-1-2-5-10(9)19-15(16)20/h1-2,4-5,11-12,15,19,23H,3,6-8,17H2,(H,18,21)/t11-,12-,15?,16?/m0/s1. The Bertz CT molecular complexity index is 679. The van der Waals surface area contributed by atoms with Crippen LogP contribution in [-0.2, 0) is 15.2 Å². The molecular formula is C16H20N4O3. The molecule has 3 heterocycles. The molecule has 2 saturated heterocycles. The first kappa shape index (κ1) is 14.5. The number of amides is 2. The van der Waals surface area contributed by atoms with Gasteiger partial charge in [0.15, 0.2) is 0 Å². The Balaban J connectivity index is 1.69.